The standard InChI is InChI=1S/C17H22O4/c1-10-5-6-15-12(3)17(19)21-16(15)9-11(2)8-14(7-10)20-13(4)18/h7,9,14-16H,3,5-6,8H2,1-2,4H3/b10-7-,11-9-/t14-,15-,16+/m0/s1. The fourth-order valence-corrected chi connectivity index (χ4v) is 2.92. The number of hydrogen-bond acceptors (Lipinski definition) is 4. The lowest BCUT2D eigenvalue weighted by Crippen LogP contribution is -2.19. The average Bonchev–Trinajstić information content (AvgIpc) is 2.61. The Morgan fingerprint density at radius 2 is 2.05 bits per heavy atom. The highest BCUT2D eigenvalue weighted by Crippen LogP contribution is 2.34. The van der Waals surface area contributed by atoms with E-state index in [-0.39, 0.29) is 30.1 Å². The summed E-state index contributed by atoms with van der Waals surface area (Å²) in [6.07, 6.45) is 5.73. The van der Waals surface area contributed by atoms with Gasteiger partial charge in [-0.1, -0.05) is 17.7 Å². The molecule has 0 unspecified atom stereocenters. The molecule has 0 aromatic heterocycles. The highest BCUT2D eigenvalue weighted by molar-refractivity contribution is 5.91. The third kappa shape index (κ3) is 3.84. The molecule has 2 aliphatic rings. The number of carbonyl (C=O) groups is 2. The van der Waals surface area contributed by atoms with E-state index >= 15 is 0 Å². The molecule has 114 valence electrons. The topological polar surface area (TPSA) is 52.6 Å². The van der Waals surface area contributed by atoms with Gasteiger partial charge in [-0.2, -0.15) is 0 Å². The molecule has 2 rings (SSSR count). The first kappa shape index (κ1) is 15.5. The van der Waals surface area contributed by atoms with Gasteiger partial charge in [-0.25, -0.2) is 4.79 Å². The molecule has 0 bridgehead atoms. The number of carbonyl (C=O) groups excluding carboxylic acids is 2. The van der Waals surface area contributed by atoms with Crippen molar-refractivity contribution in [1.29, 1.82) is 0 Å². The zero-order valence-corrected chi connectivity index (χ0v) is 12.8. The molecule has 0 spiro atoms. The van der Waals surface area contributed by atoms with E-state index in [9.17, 15) is 9.59 Å². The zero-order chi connectivity index (χ0) is 15.6. The van der Waals surface area contributed by atoms with Crippen molar-refractivity contribution in [2.75, 3.05) is 0 Å². The molecule has 21 heavy (non-hydrogen) atoms. The number of hydrogen-bond donors (Lipinski definition) is 0. The molecule has 1 fully saturated rings. The molecule has 4 heteroatoms. The van der Waals surface area contributed by atoms with Crippen molar-refractivity contribution in [2.45, 2.75) is 52.2 Å². The predicted octanol–water partition coefficient (Wildman–Crippen LogP) is 3.09. The van der Waals surface area contributed by atoms with Gasteiger partial charge < -0.3 is 9.47 Å². The summed E-state index contributed by atoms with van der Waals surface area (Å²) in [6.45, 7) is 9.26. The third-order valence-corrected chi connectivity index (χ3v) is 3.96. The van der Waals surface area contributed by atoms with Crippen LogP contribution in [0.3, 0.4) is 0 Å². The van der Waals surface area contributed by atoms with E-state index < -0.39 is 0 Å². The van der Waals surface area contributed by atoms with Crippen molar-refractivity contribution < 1.29 is 19.1 Å². The smallest absolute Gasteiger partial charge is 0.334 e. The maximum absolute atomic E-state index is 11.7. The lowest BCUT2D eigenvalue weighted by atomic mass is 9.88. The molecule has 0 radical (unpaired) electrons. The van der Waals surface area contributed by atoms with E-state index in [2.05, 4.69) is 6.58 Å². The summed E-state index contributed by atoms with van der Waals surface area (Å²) in [5.74, 6) is -0.542. The minimum absolute atomic E-state index is 0.0427. The molecular formula is C17H22O4. The Balaban J connectivity index is 2.24. The van der Waals surface area contributed by atoms with Crippen LogP contribution in [0.15, 0.2) is 35.5 Å². The summed E-state index contributed by atoms with van der Waals surface area (Å²) in [6, 6.07) is 0. The summed E-state index contributed by atoms with van der Waals surface area (Å²) >= 11 is 0. The van der Waals surface area contributed by atoms with Gasteiger partial charge in [0.05, 0.1) is 0 Å². The first-order valence-corrected chi connectivity index (χ1v) is 7.28. The Morgan fingerprint density at radius 1 is 1.33 bits per heavy atom. The van der Waals surface area contributed by atoms with Crippen molar-refractivity contribution in [1.82, 2.24) is 0 Å². The first-order chi connectivity index (χ1) is 9.86. The molecule has 0 N–H and O–H groups in total. The van der Waals surface area contributed by atoms with Gasteiger partial charge >= 0.3 is 11.9 Å². The van der Waals surface area contributed by atoms with E-state index in [4.69, 9.17) is 9.47 Å². The summed E-state index contributed by atoms with van der Waals surface area (Å²) in [4.78, 5) is 22.9. The summed E-state index contributed by atoms with van der Waals surface area (Å²) in [7, 11) is 0. The summed E-state index contributed by atoms with van der Waals surface area (Å²) in [5, 5.41) is 0. The highest BCUT2D eigenvalue weighted by Gasteiger charge is 2.37. The number of allylic oxidation sites excluding steroid dienone is 1. The normalized spacial score (nSPS) is 34.9. The minimum atomic E-state index is -0.300. The van der Waals surface area contributed by atoms with Gasteiger partial charge in [0, 0.05) is 24.8 Å². The lowest BCUT2D eigenvalue weighted by Gasteiger charge is -2.20. The van der Waals surface area contributed by atoms with Crippen LogP contribution in [0.25, 0.3) is 0 Å². The Labute approximate surface area is 125 Å². The molecular weight excluding hydrogens is 268 g/mol. The van der Waals surface area contributed by atoms with E-state index in [1.165, 1.54) is 6.92 Å². The average molecular weight is 290 g/mol. The van der Waals surface area contributed by atoms with Gasteiger partial charge in [0.1, 0.15) is 12.2 Å². The van der Waals surface area contributed by atoms with Crippen LogP contribution in [0, 0.1) is 5.92 Å². The van der Waals surface area contributed by atoms with Gasteiger partial charge in [-0.05, 0) is 38.8 Å². The zero-order valence-electron chi connectivity index (χ0n) is 12.8. The Hall–Kier alpha value is -1.84. The monoisotopic (exact) mass is 290 g/mol. The van der Waals surface area contributed by atoms with Gasteiger partial charge in [-0.3, -0.25) is 4.79 Å². The van der Waals surface area contributed by atoms with Gasteiger partial charge in [0.15, 0.2) is 0 Å². The second kappa shape index (κ2) is 6.29. The molecule has 4 nitrogen and oxygen atoms in total. The molecule has 0 amide bonds. The maximum Gasteiger partial charge on any atom is 0.334 e. The van der Waals surface area contributed by atoms with E-state index in [1.54, 1.807) is 0 Å². The Kier molecular flexibility index (Phi) is 4.66. The van der Waals surface area contributed by atoms with E-state index in [0.717, 1.165) is 24.0 Å². The molecule has 1 aliphatic heterocycles. The van der Waals surface area contributed by atoms with Gasteiger partial charge in [-0.15, -0.1) is 0 Å². The predicted molar refractivity (Wildman–Crippen MR) is 79.4 cm³/mol. The lowest BCUT2D eigenvalue weighted by molar-refractivity contribution is -0.144. The van der Waals surface area contributed by atoms with Crippen LogP contribution in [-0.2, 0) is 19.1 Å². The van der Waals surface area contributed by atoms with E-state index in [0.29, 0.717) is 12.0 Å². The minimum Gasteiger partial charge on any atom is -0.458 e. The van der Waals surface area contributed by atoms with Crippen LogP contribution in [0.5, 0.6) is 0 Å². The molecule has 3 atom stereocenters. The van der Waals surface area contributed by atoms with Gasteiger partial charge in [0.2, 0.25) is 0 Å². The van der Waals surface area contributed by atoms with E-state index in [1.807, 2.05) is 26.0 Å². The quantitative estimate of drug-likeness (QED) is 0.423. The van der Waals surface area contributed by atoms with Crippen LogP contribution in [0.2, 0.25) is 0 Å². The molecule has 1 saturated heterocycles. The maximum atomic E-state index is 11.7. The van der Waals surface area contributed by atoms with Crippen LogP contribution in [-0.4, -0.2) is 24.1 Å². The van der Waals surface area contributed by atoms with Crippen molar-refractivity contribution in [3.63, 3.8) is 0 Å². The summed E-state index contributed by atoms with van der Waals surface area (Å²) in [5.41, 5.74) is 2.76. The number of ether oxygens (including phenoxy) is 2. The fourth-order valence-electron chi connectivity index (χ4n) is 2.92. The molecule has 0 saturated carbocycles. The van der Waals surface area contributed by atoms with Crippen LogP contribution >= 0.6 is 0 Å². The Morgan fingerprint density at radius 3 is 2.71 bits per heavy atom. The third-order valence-electron chi connectivity index (χ3n) is 3.96. The van der Waals surface area contributed by atoms with Crippen molar-refractivity contribution in [2.24, 2.45) is 5.92 Å². The van der Waals surface area contributed by atoms with Crippen molar-refractivity contribution >= 4 is 11.9 Å². The van der Waals surface area contributed by atoms with Crippen molar-refractivity contribution in [3.05, 3.63) is 35.5 Å². The van der Waals surface area contributed by atoms with Crippen LogP contribution in [0.1, 0.15) is 40.0 Å². The number of fused-ring (bicyclic) bond motifs is 1. The highest BCUT2D eigenvalue weighted by atomic mass is 16.6. The molecule has 0 aromatic rings. The van der Waals surface area contributed by atoms with Crippen LogP contribution < -0.4 is 0 Å². The molecule has 1 aliphatic carbocycles. The number of rotatable bonds is 1. The Bertz CT molecular complexity index is 527. The van der Waals surface area contributed by atoms with Gasteiger partial charge in [0.25, 0.3) is 0 Å². The summed E-state index contributed by atoms with van der Waals surface area (Å²) < 4.78 is 10.7. The largest absolute Gasteiger partial charge is 0.458 e. The van der Waals surface area contributed by atoms with Crippen LogP contribution in [0.4, 0.5) is 0 Å². The first-order valence-electron chi connectivity index (χ1n) is 7.28. The SMILES string of the molecule is C=C1C(=O)O[C@@H]2/C=C(/C)C[C@@H](OC(C)=O)/C=C(/C)CC[C@@H]12. The number of esters is 2. The second-order valence-electron chi connectivity index (χ2n) is 5.92. The fraction of sp³-hybridized carbons (Fsp3) is 0.529. The molecule has 1 heterocycles. The van der Waals surface area contributed by atoms with Crippen molar-refractivity contribution in [3.8, 4) is 0 Å². The molecule has 0 aromatic carbocycles. The second-order valence-corrected chi connectivity index (χ2v) is 5.92.